The van der Waals surface area contributed by atoms with E-state index in [1.54, 1.807) is 24.1 Å². The lowest BCUT2D eigenvalue weighted by Crippen LogP contribution is -2.32. The van der Waals surface area contributed by atoms with Gasteiger partial charge in [-0.25, -0.2) is 0 Å². The van der Waals surface area contributed by atoms with Crippen molar-refractivity contribution in [2.75, 3.05) is 12.3 Å². The van der Waals surface area contributed by atoms with Crippen molar-refractivity contribution >= 4 is 11.6 Å². The molecule has 1 saturated heterocycles. The monoisotopic (exact) mass is 271 g/mol. The van der Waals surface area contributed by atoms with Crippen molar-refractivity contribution in [3.63, 3.8) is 0 Å². The summed E-state index contributed by atoms with van der Waals surface area (Å²) in [5.41, 5.74) is 7.86. The Bertz CT molecular complexity index is 602. The number of rotatable bonds is 2. The summed E-state index contributed by atoms with van der Waals surface area (Å²) in [6.45, 7) is 0.746. The van der Waals surface area contributed by atoms with E-state index in [9.17, 15) is 4.79 Å². The van der Waals surface area contributed by atoms with Crippen LogP contribution in [-0.4, -0.2) is 32.1 Å². The summed E-state index contributed by atoms with van der Waals surface area (Å²) in [6, 6.07) is 4.02. The summed E-state index contributed by atoms with van der Waals surface area (Å²) in [7, 11) is 1.74. The quantitative estimate of drug-likeness (QED) is 0.895. The lowest BCUT2D eigenvalue weighted by molar-refractivity contribution is 0.0725. The maximum Gasteiger partial charge on any atom is 0.274 e. The third-order valence-electron chi connectivity index (χ3n) is 3.77. The van der Waals surface area contributed by atoms with E-state index in [0.29, 0.717) is 11.4 Å². The largest absolute Gasteiger partial charge is 0.396 e. The standard InChI is InChI=1S/C14H17N5O/c1-18-13(11(15)9-17-18)14(20)19-8-2-3-12(19)10-4-6-16-7-5-10/h4-7,9,12H,2-3,8,15H2,1H3. The van der Waals surface area contributed by atoms with Crippen LogP contribution < -0.4 is 5.73 Å². The summed E-state index contributed by atoms with van der Waals surface area (Å²) in [5.74, 6) is -0.0539. The minimum absolute atomic E-state index is 0.0539. The second-order valence-corrected chi connectivity index (χ2v) is 5.01. The van der Waals surface area contributed by atoms with Gasteiger partial charge in [0.1, 0.15) is 5.69 Å². The van der Waals surface area contributed by atoms with Crippen LogP contribution in [0.1, 0.15) is 34.9 Å². The van der Waals surface area contributed by atoms with Gasteiger partial charge in [0.25, 0.3) is 5.91 Å². The highest BCUT2D eigenvalue weighted by molar-refractivity contribution is 5.97. The number of nitrogen functional groups attached to an aromatic ring is 1. The second kappa shape index (κ2) is 4.96. The van der Waals surface area contributed by atoms with Gasteiger partial charge in [0.2, 0.25) is 0 Å². The Hall–Kier alpha value is -2.37. The fraction of sp³-hybridized carbons (Fsp3) is 0.357. The number of nitrogens with two attached hydrogens (primary N) is 1. The molecule has 104 valence electrons. The van der Waals surface area contributed by atoms with Gasteiger partial charge in [-0.05, 0) is 30.5 Å². The molecular weight excluding hydrogens is 254 g/mol. The number of likely N-dealkylation sites (tertiary alicyclic amines) is 1. The number of hydrogen-bond acceptors (Lipinski definition) is 4. The normalized spacial score (nSPS) is 18.4. The molecule has 6 nitrogen and oxygen atoms in total. The Morgan fingerprint density at radius 2 is 2.15 bits per heavy atom. The summed E-state index contributed by atoms with van der Waals surface area (Å²) in [6.07, 6.45) is 7.00. The van der Waals surface area contributed by atoms with E-state index in [1.807, 2.05) is 17.0 Å². The van der Waals surface area contributed by atoms with Gasteiger partial charge in [-0.1, -0.05) is 0 Å². The number of nitrogens with zero attached hydrogens (tertiary/aromatic N) is 4. The van der Waals surface area contributed by atoms with Crippen molar-refractivity contribution < 1.29 is 4.79 Å². The van der Waals surface area contributed by atoms with Crippen molar-refractivity contribution in [3.8, 4) is 0 Å². The molecule has 0 radical (unpaired) electrons. The molecule has 1 amide bonds. The zero-order valence-corrected chi connectivity index (χ0v) is 11.4. The van der Waals surface area contributed by atoms with E-state index >= 15 is 0 Å². The number of pyridine rings is 1. The molecule has 1 atom stereocenters. The van der Waals surface area contributed by atoms with Crippen LogP contribution in [0, 0.1) is 0 Å². The van der Waals surface area contributed by atoms with E-state index in [-0.39, 0.29) is 11.9 Å². The Balaban J connectivity index is 1.91. The van der Waals surface area contributed by atoms with Crippen LogP contribution >= 0.6 is 0 Å². The molecule has 1 aliphatic heterocycles. The lowest BCUT2D eigenvalue weighted by Gasteiger charge is -2.25. The number of carbonyl (C=O) groups excluding carboxylic acids is 1. The number of aryl methyl sites for hydroxylation is 1. The number of hydrogen-bond donors (Lipinski definition) is 1. The maximum atomic E-state index is 12.7. The minimum Gasteiger partial charge on any atom is -0.396 e. The molecule has 3 heterocycles. The van der Waals surface area contributed by atoms with Gasteiger partial charge < -0.3 is 10.6 Å². The van der Waals surface area contributed by atoms with Crippen LogP contribution in [0.2, 0.25) is 0 Å². The Labute approximate surface area is 117 Å². The number of anilines is 1. The smallest absolute Gasteiger partial charge is 0.274 e. The number of carbonyl (C=O) groups is 1. The average Bonchev–Trinajstić information content (AvgIpc) is 3.07. The van der Waals surface area contributed by atoms with Crippen LogP contribution in [0.3, 0.4) is 0 Å². The van der Waals surface area contributed by atoms with Crippen molar-refractivity contribution in [2.45, 2.75) is 18.9 Å². The van der Waals surface area contributed by atoms with Crippen LogP contribution in [0.25, 0.3) is 0 Å². The zero-order chi connectivity index (χ0) is 14.1. The molecule has 1 fully saturated rings. The molecule has 2 N–H and O–H groups in total. The highest BCUT2D eigenvalue weighted by Gasteiger charge is 2.32. The average molecular weight is 271 g/mol. The van der Waals surface area contributed by atoms with Gasteiger partial charge in [0, 0.05) is 26.0 Å². The second-order valence-electron chi connectivity index (χ2n) is 5.01. The van der Waals surface area contributed by atoms with Gasteiger partial charge in [-0.3, -0.25) is 14.5 Å². The van der Waals surface area contributed by atoms with E-state index in [4.69, 9.17) is 5.73 Å². The van der Waals surface area contributed by atoms with E-state index in [1.165, 1.54) is 6.20 Å². The Kier molecular flexibility index (Phi) is 3.14. The third kappa shape index (κ3) is 2.03. The summed E-state index contributed by atoms with van der Waals surface area (Å²) in [5, 5.41) is 4.04. The molecule has 1 aliphatic rings. The third-order valence-corrected chi connectivity index (χ3v) is 3.77. The first-order chi connectivity index (χ1) is 9.68. The lowest BCUT2D eigenvalue weighted by atomic mass is 10.1. The van der Waals surface area contributed by atoms with Crippen LogP contribution in [0.5, 0.6) is 0 Å². The molecule has 1 unspecified atom stereocenters. The van der Waals surface area contributed by atoms with Gasteiger partial charge >= 0.3 is 0 Å². The van der Waals surface area contributed by atoms with Crippen molar-refractivity contribution in [1.29, 1.82) is 0 Å². The van der Waals surface area contributed by atoms with Crippen LogP contribution in [-0.2, 0) is 7.05 Å². The van der Waals surface area contributed by atoms with Crippen molar-refractivity contribution in [2.24, 2.45) is 7.05 Å². The molecular formula is C14H17N5O. The van der Waals surface area contributed by atoms with Gasteiger partial charge in [-0.15, -0.1) is 0 Å². The molecule has 20 heavy (non-hydrogen) atoms. The molecule has 0 aliphatic carbocycles. The van der Waals surface area contributed by atoms with Crippen LogP contribution in [0.15, 0.2) is 30.7 Å². The summed E-state index contributed by atoms with van der Waals surface area (Å²) >= 11 is 0. The molecule has 0 saturated carbocycles. The zero-order valence-electron chi connectivity index (χ0n) is 11.4. The molecule has 0 aromatic carbocycles. The first-order valence-corrected chi connectivity index (χ1v) is 6.67. The highest BCUT2D eigenvalue weighted by atomic mass is 16.2. The molecule has 0 spiro atoms. The topological polar surface area (TPSA) is 77.0 Å². The minimum atomic E-state index is -0.0539. The van der Waals surface area contributed by atoms with Gasteiger partial charge in [-0.2, -0.15) is 5.10 Å². The molecule has 6 heteroatoms. The Morgan fingerprint density at radius 1 is 1.40 bits per heavy atom. The van der Waals surface area contributed by atoms with E-state index < -0.39 is 0 Å². The van der Waals surface area contributed by atoms with Crippen molar-refractivity contribution in [3.05, 3.63) is 42.0 Å². The van der Waals surface area contributed by atoms with Crippen molar-refractivity contribution in [1.82, 2.24) is 19.7 Å². The predicted octanol–water partition coefficient (Wildman–Crippen LogP) is 1.37. The number of amides is 1. The number of aromatic nitrogens is 3. The molecule has 2 aromatic rings. The fourth-order valence-corrected chi connectivity index (χ4v) is 2.79. The highest BCUT2D eigenvalue weighted by Crippen LogP contribution is 2.33. The van der Waals surface area contributed by atoms with Gasteiger partial charge in [0.05, 0.1) is 17.9 Å². The Morgan fingerprint density at radius 3 is 2.80 bits per heavy atom. The van der Waals surface area contributed by atoms with E-state index in [2.05, 4.69) is 10.1 Å². The first kappa shape index (κ1) is 12.7. The maximum absolute atomic E-state index is 12.7. The molecule has 2 aromatic heterocycles. The first-order valence-electron chi connectivity index (χ1n) is 6.67. The SMILES string of the molecule is Cn1ncc(N)c1C(=O)N1CCCC1c1ccncc1. The predicted molar refractivity (Wildman–Crippen MR) is 74.9 cm³/mol. The summed E-state index contributed by atoms with van der Waals surface area (Å²) in [4.78, 5) is 18.6. The molecule has 3 rings (SSSR count). The van der Waals surface area contributed by atoms with Crippen LogP contribution in [0.4, 0.5) is 5.69 Å². The molecule has 0 bridgehead atoms. The fourth-order valence-electron chi connectivity index (χ4n) is 2.79. The van der Waals surface area contributed by atoms with E-state index in [0.717, 1.165) is 24.9 Å². The van der Waals surface area contributed by atoms with Gasteiger partial charge in [0.15, 0.2) is 0 Å². The summed E-state index contributed by atoms with van der Waals surface area (Å²) < 4.78 is 1.54.